The average molecular weight is 349 g/mol. The molecule has 1 fully saturated rings. The summed E-state index contributed by atoms with van der Waals surface area (Å²) in [7, 11) is 1.67. The highest BCUT2D eigenvalue weighted by Crippen LogP contribution is 2.34. The Bertz CT molecular complexity index is 943. The largest absolute Gasteiger partial charge is 0.497 e. The molecular formula is C22H23NO3. The number of amides is 1. The van der Waals surface area contributed by atoms with Gasteiger partial charge in [0.2, 0.25) is 0 Å². The number of piperidine rings is 1. The molecule has 1 aliphatic rings. The normalized spacial score (nSPS) is 17.5. The summed E-state index contributed by atoms with van der Waals surface area (Å²) in [5, 5.41) is 0.975. The number of hydrogen-bond acceptors (Lipinski definition) is 3. The first kappa shape index (κ1) is 16.7. The molecule has 0 radical (unpaired) electrons. The molecule has 0 N–H and O–H groups in total. The predicted octanol–water partition coefficient (Wildman–Crippen LogP) is 5.12. The number of nitrogens with zero attached hydrogens (tertiary/aromatic N) is 1. The van der Waals surface area contributed by atoms with E-state index in [0.717, 1.165) is 53.8 Å². The molecule has 2 aromatic carbocycles. The second kappa shape index (κ2) is 6.87. The minimum Gasteiger partial charge on any atom is -0.497 e. The Kier molecular flexibility index (Phi) is 4.41. The number of fused-ring (bicyclic) bond motifs is 1. The van der Waals surface area contributed by atoms with Gasteiger partial charge in [-0.3, -0.25) is 4.79 Å². The molecule has 2 heterocycles. The fourth-order valence-corrected chi connectivity index (χ4v) is 3.84. The Balaban J connectivity index is 1.66. The Hall–Kier alpha value is -2.75. The number of carbonyl (C=O) groups is 1. The second-order valence-corrected chi connectivity index (χ2v) is 6.90. The lowest BCUT2D eigenvalue weighted by Gasteiger charge is -2.36. The smallest absolute Gasteiger partial charge is 0.254 e. The van der Waals surface area contributed by atoms with E-state index in [2.05, 4.69) is 6.07 Å². The third-order valence-electron chi connectivity index (χ3n) is 5.13. The Morgan fingerprint density at radius 2 is 2.04 bits per heavy atom. The molecule has 1 aromatic heterocycles. The number of methoxy groups -OCH3 is 1. The van der Waals surface area contributed by atoms with E-state index in [1.165, 1.54) is 0 Å². The second-order valence-electron chi connectivity index (χ2n) is 6.90. The van der Waals surface area contributed by atoms with Crippen molar-refractivity contribution < 1.29 is 13.9 Å². The number of carbonyl (C=O) groups excluding carboxylic acids is 1. The number of furan rings is 1. The van der Waals surface area contributed by atoms with Crippen molar-refractivity contribution in [2.45, 2.75) is 32.2 Å². The van der Waals surface area contributed by atoms with E-state index in [9.17, 15) is 4.79 Å². The lowest BCUT2D eigenvalue weighted by atomic mass is 9.94. The third kappa shape index (κ3) is 3.07. The number of aryl methyl sites for hydroxylation is 1. The van der Waals surface area contributed by atoms with Crippen LogP contribution in [0.3, 0.4) is 0 Å². The standard InChI is InChI=1S/C22H23NO3/c1-15-12-18-13-17(9-10-21(18)26-15)22(24)23-11-4-3-8-20(23)16-6-5-7-19(14-16)25-2/h5-7,9-10,12-14,20H,3-4,8,11H2,1-2H3/t20-/m0/s1. The zero-order valence-corrected chi connectivity index (χ0v) is 15.2. The number of benzene rings is 2. The van der Waals surface area contributed by atoms with Gasteiger partial charge in [-0.1, -0.05) is 12.1 Å². The van der Waals surface area contributed by atoms with E-state index >= 15 is 0 Å². The average Bonchev–Trinajstić information content (AvgIpc) is 3.06. The summed E-state index contributed by atoms with van der Waals surface area (Å²) in [6, 6.07) is 15.8. The SMILES string of the molecule is COc1cccc([C@@H]2CCCCN2C(=O)c2ccc3oc(C)cc3c2)c1. The van der Waals surface area contributed by atoms with Gasteiger partial charge in [0.15, 0.2) is 0 Å². The molecule has 1 amide bonds. The third-order valence-corrected chi connectivity index (χ3v) is 5.13. The van der Waals surface area contributed by atoms with Crippen molar-refractivity contribution in [1.82, 2.24) is 4.90 Å². The summed E-state index contributed by atoms with van der Waals surface area (Å²) < 4.78 is 11.0. The van der Waals surface area contributed by atoms with Crippen LogP contribution in [0, 0.1) is 6.92 Å². The molecule has 0 aliphatic carbocycles. The molecule has 4 nitrogen and oxygen atoms in total. The van der Waals surface area contributed by atoms with E-state index in [4.69, 9.17) is 9.15 Å². The van der Waals surface area contributed by atoms with Gasteiger partial charge in [-0.05, 0) is 68.1 Å². The number of hydrogen-bond donors (Lipinski definition) is 0. The van der Waals surface area contributed by atoms with Crippen molar-refractivity contribution in [3.8, 4) is 5.75 Å². The Morgan fingerprint density at radius 1 is 1.15 bits per heavy atom. The van der Waals surface area contributed by atoms with Crippen LogP contribution in [0.4, 0.5) is 0 Å². The van der Waals surface area contributed by atoms with E-state index in [1.54, 1.807) is 7.11 Å². The van der Waals surface area contributed by atoms with Crippen LogP contribution in [0.2, 0.25) is 0 Å². The molecule has 1 saturated heterocycles. The summed E-state index contributed by atoms with van der Waals surface area (Å²) >= 11 is 0. The maximum atomic E-state index is 13.3. The maximum Gasteiger partial charge on any atom is 0.254 e. The summed E-state index contributed by atoms with van der Waals surface area (Å²) in [4.78, 5) is 15.3. The van der Waals surface area contributed by atoms with Crippen LogP contribution in [0.25, 0.3) is 11.0 Å². The predicted molar refractivity (Wildman–Crippen MR) is 102 cm³/mol. The molecule has 134 valence electrons. The van der Waals surface area contributed by atoms with Crippen LogP contribution in [0.5, 0.6) is 5.75 Å². The van der Waals surface area contributed by atoms with Crippen molar-refractivity contribution in [2.24, 2.45) is 0 Å². The first-order valence-corrected chi connectivity index (χ1v) is 9.11. The van der Waals surface area contributed by atoms with Crippen molar-refractivity contribution in [3.63, 3.8) is 0 Å². The number of rotatable bonds is 3. The topological polar surface area (TPSA) is 42.7 Å². The molecule has 1 atom stereocenters. The number of ether oxygens (including phenoxy) is 1. The van der Waals surface area contributed by atoms with Crippen molar-refractivity contribution in [2.75, 3.05) is 13.7 Å². The van der Waals surface area contributed by atoms with Crippen LogP contribution in [0.1, 0.15) is 47.0 Å². The van der Waals surface area contributed by atoms with Crippen molar-refractivity contribution in [3.05, 3.63) is 65.4 Å². The van der Waals surface area contributed by atoms with Gasteiger partial charge >= 0.3 is 0 Å². The van der Waals surface area contributed by atoms with E-state index < -0.39 is 0 Å². The van der Waals surface area contributed by atoms with E-state index in [1.807, 2.05) is 54.3 Å². The first-order valence-electron chi connectivity index (χ1n) is 9.11. The van der Waals surface area contributed by atoms with Gasteiger partial charge in [-0.2, -0.15) is 0 Å². The van der Waals surface area contributed by atoms with Gasteiger partial charge in [0, 0.05) is 17.5 Å². The zero-order chi connectivity index (χ0) is 18.1. The highest BCUT2D eigenvalue weighted by atomic mass is 16.5. The highest BCUT2D eigenvalue weighted by molar-refractivity contribution is 5.98. The molecule has 0 saturated carbocycles. The summed E-state index contributed by atoms with van der Waals surface area (Å²) in [5.41, 5.74) is 2.67. The highest BCUT2D eigenvalue weighted by Gasteiger charge is 2.29. The van der Waals surface area contributed by atoms with Crippen LogP contribution in [-0.4, -0.2) is 24.5 Å². The maximum absolute atomic E-state index is 13.3. The van der Waals surface area contributed by atoms with Crippen LogP contribution >= 0.6 is 0 Å². The fourth-order valence-electron chi connectivity index (χ4n) is 3.84. The molecule has 4 rings (SSSR count). The minimum atomic E-state index is 0.0817. The first-order chi connectivity index (χ1) is 12.7. The molecule has 26 heavy (non-hydrogen) atoms. The molecule has 4 heteroatoms. The molecule has 0 unspecified atom stereocenters. The van der Waals surface area contributed by atoms with Gasteiger partial charge in [-0.25, -0.2) is 0 Å². The Morgan fingerprint density at radius 3 is 2.88 bits per heavy atom. The molecular weight excluding hydrogens is 326 g/mol. The van der Waals surface area contributed by atoms with Crippen LogP contribution < -0.4 is 4.74 Å². The summed E-state index contributed by atoms with van der Waals surface area (Å²) in [5.74, 6) is 1.77. The van der Waals surface area contributed by atoms with Gasteiger partial charge < -0.3 is 14.1 Å². The van der Waals surface area contributed by atoms with Gasteiger partial charge in [0.1, 0.15) is 17.1 Å². The molecule has 0 spiro atoms. The van der Waals surface area contributed by atoms with Crippen LogP contribution in [-0.2, 0) is 0 Å². The van der Waals surface area contributed by atoms with Gasteiger partial charge in [0.25, 0.3) is 5.91 Å². The monoisotopic (exact) mass is 349 g/mol. The summed E-state index contributed by atoms with van der Waals surface area (Å²) in [6.07, 6.45) is 3.15. The molecule has 3 aromatic rings. The fraction of sp³-hybridized carbons (Fsp3) is 0.318. The zero-order valence-electron chi connectivity index (χ0n) is 15.2. The van der Waals surface area contributed by atoms with Gasteiger partial charge in [-0.15, -0.1) is 0 Å². The minimum absolute atomic E-state index is 0.0817. The quantitative estimate of drug-likeness (QED) is 0.659. The lowest BCUT2D eigenvalue weighted by molar-refractivity contribution is 0.0611. The Labute approximate surface area is 153 Å². The summed E-state index contributed by atoms with van der Waals surface area (Å²) in [6.45, 7) is 2.70. The van der Waals surface area contributed by atoms with E-state index in [0.29, 0.717) is 5.56 Å². The van der Waals surface area contributed by atoms with Crippen molar-refractivity contribution >= 4 is 16.9 Å². The van der Waals surface area contributed by atoms with Crippen molar-refractivity contribution in [1.29, 1.82) is 0 Å². The molecule has 0 bridgehead atoms. The van der Waals surface area contributed by atoms with Crippen LogP contribution in [0.15, 0.2) is 52.9 Å². The molecule has 1 aliphatic heterocycles. The lowest BCUT2D eigenvalue weighted by Crippen LogP contribution is -2.38. The van der Waals surface area contributed by atoms with E-state index in [-0.39, 0.29) is 11.9 Å². The van der Waals surface area contributed by atoms with Gasteiger partial charge in [0.05, 0.1) is 13.2 Å². The number of likely N-dealkylation sites (tertiary alicyclic amines) is 1.